The largest absolute Gasteiger partial charge is 0.449 e. The first-order valence-corrected chi connectivity index (χ1v) is 9.82. The highest BCUT2D eigenvalue weighted by atomic mass is 35.5. The summed E-state index contributed by atoms with van der Waals surface area (Å²) >= 11 is 6.30. The number of hydrogen-bond acceptors (Lipinski definition) is 4. The molecule has 0 radical (unpaired) electrons. The molecule has 1 heterocycles. The second-order valence-corrected chi connectivity index (χ2v) is 8.00. The van der Waals surface area contributed by atoms with Crippen molar-refractivity contribution in [3.63, 3.8) is 0 Å². The molecule has 2 aromatic rings. The number of hydrogen-bond donors (Lipinski definition) is 1. The van der Waals surface area contributed by atoms with Crippen LogP contribution in [-0.4, -0.2) is 27.8 Å². The van der Waals surface area contributed by atoms with E-state index in [1.54, 1.807) is 11.6 Å². The Morgan fingerprint density at radius 2 is 1.75 bits per heavy atom. The second-order valence-electron chi connectivity index (χ2n) is 7.64. The molecule has 7 heteroatoms. The van der Waals surface area contributed by atoms with Gasteiger partial charge in [0.1, 0.15) is 10.7 Å². The SMILES string of the molecule is Cc1nn(CC(C)C)c(Cl)c1C(=O)OC(C)C(=O)Nc1ccc(C(C)C)cc1. The van der Waals surface area contributed by atoms with E-state index >= 15 is 0 Å². The molecule has 0 aliphatic rings. The summed E-state index contributed by atoms with van der Waals surface area (Å²) in [5.74, 6) is -0.328. The van der Waals surface area contributed by atoms with Crippen LogP contribution in [0.4, 0.5) is 5.69 Å². The van der Waals surface area contributed by atoms with E-state index < -0.39 is 18.0 Å². The standard InChI is InChI=1S/C21H28ClN3O3/c1-12(2)11-25-19(22)18(14(5)24-25)21(27)28-15(6)20(26)23-17-9-7-16(8-10-17)13(3)4/h7-10,12-13,15H,11H2,1-6H3,(H,23,26). The Hall–Kier alpha value is -2.34. The van der Waals surface area contributed by atoms with Gasteiger partial charge in [-0.1, -0.05) is 51.4 Å². The number of carbonyl (C=O) groups is 2. The maximum Gasteiger partial charge on any atom is 0.343 e. The predicted molar refractivity (Wildman–Crippen MR) is 111 cm³/mol. The lowest BCUT2D eigenvalue weighted by Crippen LogP contribution is -2.30. The van der Waals surface area contributed by atoms with Gasteiger partial charge in [0.15, 0.2) is 6.10 Å². The van der Waals surface area contributed by atoms with Crippen molar-refractivity contribution in [1.29, 1.82) is 0 Å². The average Bonchev–Trinajstić information content (AvgIpc) is 2.88. The molecule has 1 aromatic heterocycles. The summed E-state index contributed by atoms with van der Waals surface area (Å²) in [5, 5.41) is 7.28. The van der Waals surface area contributed by atoms with E-state index in [9.17, 15) is 9.59 Å². The molecule has 1 amide bonds. The fraction of sp³-hybridized carbons (Fsp3) is 0.476. The van der Waals surface area contributed by atoms with Gasteiger partial charge in [-0.2, -0.15) is 5.10 Å². The minimum absolute atomic E-state index is 0.197. The number of ether oxygens (including phenoxy) is 1. The molecule has 0 fully saturated rings. The minimum atomic E-state index is -0.971. The second kappa shape index (κ2) is 9.24. The highest BCUT2D eigenvalue weighted by Gasteiger charge is 2.26. The summed E-state index contributed by atoms with van der Waals surface area (Å²) in [7, 11) is 0. The minimum Gasteiger partial charge on any atom is -0.449 e. The van der Waals surface area contributed by atoms with Crippen molar-refractivity contribution < 1.29 is 14.3 Å². The molecule has 1 aromatic carbocycles. The summed E-state index contributed by atoms with van der Waals surface area (Å²) in [5.41, 5.74) is 2.51. The number of amides is 1. The lowest BCUT2D eigenvalue weighted by Gasteiger charge is -2.14. The van der Waals surface area contributed by atoms with Gasteiger partial charge in [-0.15, -0.1) is 0 Å². The van der Waals surface area contributed by atoms with Gasteiger partial charge in [0, 0.05) is 12.2 Å². The quantitative estimate of drug-likeness (QED) is 0.671. The highest BCUT2D eigenvalue weighted by Crippen LogP contribution is 2.23. The first-order chi connectivity index (χ1) is 13.1. The highest BCUT2D eigenvalue weighted by molar-refractivity contribution is 6.32. The van der Waals surface area contributed by atoms with Crippen LogP contribution in [0.5, 0.6) is 0 Å². The van der Waals surface area contributed by atoms with Gasteiger partial charge in [0.25, 0.3) is 5.91 Å². The molecule has 0 aliphatic carbocycles. The van der Waals surface area contributed by atoms with Gasteiger partial charge in [0.05, 0.1) is 5.69 Å². The molecular weight excluding hydrogens is 378 g/mol. The van der Waals surface area contributed by atoms with E-state index in [0.717, 1.165) is 0 Å². The molecule has 6 nitrogen and oxygen atoms in total. The summed E-state index contributed by atoms with van der Waals surface area (Å²) in [6, 6.07) is 7.59. The average molecular weight is 406 g/mol. The smallest absolute Gasteiger partial charge is 0.343 e. The molecular formula is C21H28ClN3O3. The van der Waals surface area contributed by atoms with Gasteiger partial charge in [-0.3, -0.25) is 9.48 Å². The summed E-state index contributed by atoms with van der Waals surface area (Å²) < 4.78 is 6.91. The van der Waals surface area contributed by atoms with Gasteiger partial charge in [0.2, 0.25) is 0 Å². The molecule has 0 aliphatic heterocycles. The Morgan fingerprint density at radius 3 is 2.29 bits per heavy atom. The maximum atomic E-state index is 12.5. The number of carbonyl (C=O) groups excluding carboxylic acids is 2. The van der Waals surface area contributed by atoms with Gasteiger partial charge in [-0.05, 0) is 43.4 Å². The van der Waals surface area contributed by atoms with Crippen LogP contribution in [-0.2, 0) is 16.1 Å². The number of nitrogens with zero attached hydrogens (tertiary/aromatic N) is 2. The third kappa shape index (κ3) is 5.35. The van der Waals surface area contributed by atoms with E-state index in [1.807, 2.05) is 38.1 Å². The molecule has 0 bridgehead atoms. The Labute approximate surface area is 171 Å². The normalized spacial score (nSPS) is 12.3. The zero-order valence-electron chi connectivity index (χ0n) is 17.2. The van der Waals surface area contributed by atoms with Crippen LogP contribution in [0.3, 0.4) is 0 Å². The molecule has 1 unspecified atom stereocenters. The third-order valence-electron chi connectivity index (χ3n) is 4.31. The summed E-state index contributed by atoms with van der Waals surface area (Å²) in [6.45, 7) is 12.1. The van der Waals surface area contributed by atoms with Crippen LogP contribution in [0.25, 0.3) is 0 Å². The number of aryl methyl sites for hydroxylation is 1. The van der Waals surface area contributed by atoms with E-state index in [0.29, 0.717) is 29.8 Å². The van der Waals surface area contributed by atoms with E-state index in [4.69, 9.17) is 16.3 Å². The molecule has 1 atom stereocenters. The molecule has 1 N–H and O–H groups in total. The Morgan fingerprint density at radius 1 is 1.14 bits per heavy atom. The van der Waals surface area contributed by atoms with Crippen LogP contribution in [0.1, 0.15) is 62.2 Å². The van der Waals surface area contributed by atoms with Crippen molar-refractivity contribution in [3.8, 4) is 0 Å². The van der Waals surface area contributed by atoms with Crippen LogP contribution in [0.15, 0.2) is 24.3 Å². The number of halogens is 1. The van der Waals surface area contributed by atoms with Gasteiger partial charge in [-0.25, -0.2) is 4.79 Å². The van der Waals surface area contributed by atoms with Crippen LogP contribution in [0, 0.1) is 12.8 Å². The van der Waals surface area contributed by atoms with Crippen molar-refractivity contribution >= 4 is 29.2 Å². The number of rotatable bonds is 7. The number of anilines is 1. The number of nitrogens with one attached hydrogen (secondary N) is 1. The van der Waals surface area contributed by atoms with Gasteiger partial charge >= 0.3 is 5.97 Å². The van der Waals surface area contributed by atoms with Crippen LogP contribution in [0.2, 0.25) is 5.15 Å². The number of benzene rings is 1. The van der Waals surface area contributed by atoms with Crippen molar-refractivity contribution in [2.45, 2.75) is 60.1 Å². The zero-order valence-corrected chi connectivity index (χ0v) is 18.0. The first-order valence-electron chi connectivity index (χ1n) is 9.44. The third-order valence-corrected chi connectivity index (χ3v) is 4.69. The molecule has 2 rings (SSSR count). The molecule has 0 saturated heterocycles. The monoisotopic (exact) mass is 405 g/mol. The topological polar surface area (TPSA) is 73.2 Å². The lowest BCUT2D eigenvalue weighted by molar-refractivity contribution is -0.123. The molecule has 0 spiro atoms. The summed E-state index contributed by atoms with van der Waals surface area (Å²) in [4.78, 5) is 24.9. The zero-order chi connectivity index (χ0) is 21.0. The lowest BCUT2D eigenvalue weighted by atomic mass is 10.0. The molecule has 0 saturated carbocycles. The van der Waals surface area contributed by atoms with Crippen molar-refractivity contribution in [3.05, 3.63) is 46.2 Å². The maximum absolute atomic E-state index is 12.5. The van der Waals surface area contributed by atoms with E-state index in [2.05, 4.69) is 24.3 Å². The van der Waals surface area contributed by atoms with E-state index in [1.165, 1.54) is 12.5 Å². The Bertz CT molecular complexity index is 841. The van der Waals surface area contributed by atoms with Crippen molar-refractivity contribution in [2.75, 3.05) is 5.32 Å². The molecule has 28 heavy (non-hydrogen) atoms. The van der Waals surface area contributed by atoms with Gasteiger partial charge < -0.3 is 10.1 Å². The fourth-order valence-electron chi connectivity index (χ4n) is 2.72. The summed E-state index contributed by atoms with van der Waals surface area (Å²) in [6.07, 6.45) is -0.971. The van der Waals surface area contributed by atoms with Crippen molar-refractivity contribution in [1.82, 2.24) is 9.78 Å². The van der Waals surface area contributed by atoms with Crippen molar-refractivity contribution in [2.24, 2.45) is 5.92 Å². The van der Waals surface area contributed by atoms with E-state index in [-0.39, 0.29) is 10.7 Å². The Balaban J connectivity index is 2.03. The first kappa shape index (κ1) is 22.0. The fourth-order valence-corrected chi connectivity index (χ4v) is 3.04. The number of esters is 1. The number of aromatic nitrogens is 2. The Kier molecular flexibility index (Phi) is 7.24. The van der Waals surface area contributed by atoms with Crippen LogP contribution >= 0.6 is 11.6 Å². The predicted octanol–water partition coefficient (Wildman–Crippen LogP) is 4.81. The molecule has 152 valence electrons. The van der Waals surface area contributed by atoms with Crippen LogP contribution < -0.4 is 5.32 Å².